The molecule has 0 saturated carbocycles. The van der Waals surface area contributed by atoms with Gasteiger partial charge < -0.3 is 4.42 Å². The Morgan fingerprint density at radius 2 is 1.83 bits per heavy atom. The van der Waals surface area contributed by atoms with Crippen LogP contribution in [0.15, 0.2) is 26.1 Å². The van der Waals surface area contributed by atoms with Crippen LogP contribution in [-0.2, 0) is 12.8 Å². The smallest absolute Gasteiger partial charge is 0.414 e. The number of nitro benzene ring substituents is 1. The number of halogens is 2. The lowest BCUT2D eigenvalue weighted by atomic mass is 9.98. The molecule has 0 bridgehead atoms. The maximum absolute atomic E-state index is 14.0. The third-order valence-corrected chi connectivity index (χ3v) is 3.73. The number of aryl methyl sites for hydroxylation is 1. The minimum Gasteiger partial charge on any atom is -0.414 e. The minimum absolute atomic E-state index is 0.238. The van der Waals surface area contributed by atoms with E-state index >= 15 is 0 Å². The number of hydrogen-bond donors (Lipinski definition) is 0. The Hall–Kier alpha value is -2.84. The zero-order valence-corrected chi connectivity index (χ0v) is 11.7. The summed E-state index contributed by atoms with van der Waals surface area (Å²) in [6, 6.07) is 0.775. The van der Waals surface area contributed by atoms with Crippen LogP contribution in [0.25, 0.3) is 5.69 Å². The summed E-state index contributed by atoms with van der Waals surface area (Å²) in [5.74, 6) is -3.57. The summed E-state index contributed by atoms with van der Waals surface area (Å²) in [5, 5.41) is 10.8. The summed E-state index contributed by atoms with van der Waals surface area (Å²) in [4.78, 5) is 34.1. The number of nitrogens with zero attached hydrogens (tertiary/aromatic N) is 2. The first-order valence-corrected chi connectivity index (χ1v) is 6.82. The second kappa shape index (κ2) is 5.41. The lowest BCUT2D eigenvalue weighted by Gasteiger charge is -2.14. The average Bonchev–Trinajstić information content (AvgIpc) is 2.49. The summed E-state index contributed by atoms with van der Waals surface area (Å²) >= 11 is 0. The molecule has 0 aliphatic heterocycles. The zero-order chi connectivity index (χ0) is 16.7. The Kier molecular flexibility index (Phi) is 3.55. The molecule has 1 heterocycles. The van der Waals surface area contributed by atoms with Crippen LogP contribution in [0.5, 0.6) is 0 Å². The molecule has 0 fully saturated rings. The van der Waals surface area contributed by atoms with Crippen LogP contribution in [-0.4, -0.2) is 9.49 Å². The van der Waals surface area contributed by atoms with Gasteiger partial charge in [0, 0.05) is 18.6 Å². The van der Waals surface area contributed by atoms with Gasteiger partial charge in [-0.05, 0) is 19.3 Å². The van der Waals surface area contributed by atoms with E-state index < -0.39 is 39.2 Å². The van der Waals surface area contributed by atoms with Crippen molar-refractivity contribution in [1.29, 1.82) is 0 Å². The fourth-order valence-corrected chi connectivity index (χ4v) is 2.63. The Balaban J connectivity index is 2.32. The molecule has 120 valence electrons. The summed E-state index contributed by atoms with van der Waals surface area (Å²) in [6.45, 7) is 0. The Labute approximate surface area is 126 Å². The fourth-order valence-electron chi connectivity index (χ4n) is 2.63. The lowest BCUT2D eigenvalue weighted by Crippen LogP contribution is -2.36. The number of benzene rings is 1. The monoisotopic (exact) mass is 324 g/mol. The quantitative estimate of drug-likeness (QED) is 0.620. The van der Waals surface area contributed by atoms with E-state index in [9.17, 15) is 28.5 Å². The molecule has 0 spiro atoms. The van der Waals surface area contributed by atoms with Gasteiger partial charge >= 0.3 is 11.4 Å². The first-order valence-electron chi connectivity index (χ1n) is 6.82. The van der Waals surface area contributed by atoms with Gasteiger partial charge in [0.05, 0.1) is 16.2 Å². The van der Waals surface area contributed by atoms with Crippen molar-refractivity contribution >= 4 is 5.69 Å². The SMILES string of the molecule is O=c1oc2c(c(=O)n1-c1cc([N+](=O)[O-])c(F)cc1F)CCCC2. The van der Waals surface area contributed by atoms with Gasteiger partial charge in [0.2, 0.25) is 5.82 Å². The number of rotatable bonds is 2. The van der Waals surface area contributed by atoms with Crippen LogP contribution in [0.1, 0.15) is 24.2 Å². The molecule has 0 radical (unpaired) electrons. The van der Waals surface area contributed by atoms with Gasteiger partial charge in [-0.3, -0.25) is 14.9 Å². The molecule has 23 heavy (non-hydrogen) atoms. The first-order chi connectivity index (χ1) is 10.9. The first kappa shape index (κ1) is 15.1. The molecule has 0 N–H and O–H groups in total. The molecule has 0 atom stereocenters. The van der Waals surface area contributed by atoms with Crippen molar-refractivity contribution < 1.29 is 18.1 Å². The fraction of sp³-hybridized carbons (Fsp3) is 0.286. The molecular formula is C14H10F2N2O5. The molecule has 2 aromatic rings. The highest BCUT2D eigenvalue weighted by atomic mass is 19.1. The number of nitro groups is 1. The summed E-state index contributed by atoms with van der Waals surface area (Å²) in [7, 11) is 0. The molecule has 1 aromatic heterocycles. The molecular weight excluding hydrogens is 314 g/mol. The molecule has 1 aromatic carbocycles. The molecule has 1 aliphatic rings. The number of fused-ring (bicyclic) bond motifs is 1. The van der Waals surface area contributed by atoms with E-state index in [1.807, 2.05) is 0 Å². The van der Waals surface area contributed by atoms with Crippen LogP contribution in [0.2, 0.25) is 0 Å². The number of aromatic nitrogens is 1. The van der Waals surface area contributed by atoms with Gasteiger partial charge in [0.25, 0.3) is 5.56 Å². The Morgan fingerprint density at radius 1 is 1.13 bits per heavy atom. The summed E-state index contributed by atoms with van der Waals surface area (Å²) in [6.07, 6.45) is 2.26. The van der Waals surface area contributed by atoms with Gasteiger partial charge in [-0.15, -0.1) is 0 Å². The van der Waals surface area contributed by atoms with Crippen molar-refractivity contribution in [3.8, 4) is 5.69 Å². The zero-order valence-electron chi connectivity index (χ0n) is 11.7. The second-order valence-corrected chi connectivity index (χ2v) is 5.13. The second-order valence-electron chi connectivity index (χ2n) is 5.13. The topological polar surface area (TPSA) is 95.3 Å². The maximum atomic E-state index is 14.0. The maximum Gasteiger partial charge on any atom is 0.426 e. The summed E-state index contributed by atoms with van der Waals surface area (Å²) < 4.78 is 32.8. The lowest BCUT2D eigenvalue weighted by molar-refractivity contribution is -0.387. The molecule has 7 nitrogen and oxygen atoms in total. The van der Waals surface area contributed by atoms with Gasteiger partial charge in [0.15, 0.2) is 5.82 Å². The number of hydrogen-bond acceptors (Lipinski definition) is 5. The average molecular weight is 324 g/mol. The summed E-state index contributed by atoms with van der Waals surface area (Å²) in [5.41, 5.74) is -2.30. The van der Waals surface area contributed by atoms with Crippen LogP contribution < -0.4 is 11.3 Å². The van der Waals surface area contributed by atoms with Crippen LogP contribution in [0.3, 0.4) is 0 Å². The third kappa shape index (κ3) is 2.43. The van der Waals surface area contributed by atoms with Crippen molar-refractivity contribution in [2.75, 3.05) is 0 Å². The van der Waals surface area contributed by atoms with Crippen LogP contribution in [0, 0.1) is 21.7 Å². The molecule has 0 amide bonds. The van der Waals surface area contributed by atoms with E-state index in [1.54, 1.807) is 0 Å². The molecule has 3 rings (SSSR count). The largest absolute Gasteiger partial charge is 0.426 e. The van der Waals surface area contributed by atoms with Crippen molar-refractivity contribution in [3.63, 3.8) is 0 Å². The Bertz CT molecular complexity index is 932. The highest BCUT2D eigenvalue weighted by Gasteiger charge is 2.25. The minimum atomic E-state index is -1.40. The normalized spacial score (nSPS) is 13.7. The van der Waals surface area contributed by atoms with E-state index in [2.05, 4.69) is 0 Å². The Morgan fingerprint density at radius 3 is 2.52 bits per heavy atom. The van der Waals surface area contributed by atoms with E-state index in [-0.39, 0.29) is 17.4 Å². The molecule has 1 aliphatic carbocycles. The van der Waals surface area contributed by atoms with Crippen LogP contribution in [0.4, 0.5) is 14.5 Å². The van der Waals surface area contributed by atoms with E-state index in [0.29, 0.717) is 29.9 Å². The highest BCUT2D eigenvalue weighted by molar-refractivity contribution is 5.45. The van der Waals surface area contributed by atoms with Crippen molar-refractivity contribution in [2.45, 2.75) is 25.7 Å². The van der Waals surface area contributed by atoms with Crippen molar-refractivity contribution in [1.82, 2.24) is 4.57 Å². The molecule has 9 heteroatoms. The predicted molar refractivity (Wildman–Crippen MR) is 73.8 cm³/mol. The molecule has 0 unspecified atom stereocenters. The van der Waals surface area contributed by atoms with E-state index in [1.165, 1.54) is 0 Å². The predicted octanol–water partition coefficient (Wildman–Crippen LogP) is 1.86. The van der Waals surface area contributed by atoms with E-state index in [0.717, 1.165) is 6.42 Å². The van der Waals surface area contributed by atoms with Gasteiger partial charge in [-0.2, -0.15) is 4.39 Å². The standard InChI is InChI=1S/C14H10F2N2O5/c15-8-5-9(16)11(18(21)22)6-10(8)17-13(19)7-3-1-2-4-12(7)23-14(17)20/h5-6H,1-4H2. The molecule has 0 saturated heterocycles. The van der Waals surface area contributed by atoms with Gasteiger partial charge in [-0.25, -0.2) is 13.8 Å². The van der Waals surface area contributed by atoms with Crippen molar-refractivity contribution in [2.24, 2.45) is 0 Å². The van der Waals surface area contributed by atoms with Crippen LogP contribution >= 0.6 is 0 Å². The van der Waals surface area contributed by atoms with E-state index in [4.69, 9.17) is 4.42 Å². The van der Waals surface area contributed by atoms with Crippen molar-refractivity contribution in [3.05, 3.63) is 66.1 Å². The third-order valence-electron chi connectivity index (χ3n) is 3.73. The van der Waals surface area contributed by atoms with Gasteiger partial charge in [-0.1, -0.05) is 0 Å². The highest BCUT2D eigenvalue weighted by Crippen LogP contribution is 2.24. The van der Waals surface area contributed by atoms with Gasteiger partial charge in [0.1, 0.15) is 5.76 Å².